The second-order valence-electron chi connectivity index (χ2n) is 5.63. The van der Waals surface area contributed by atoms with Gasteiger partial charge < -0.3 is 9.30 Å². The lowest BCUT2D eigenvalue weighted by atomic mass is 10.1. The van der Waals surface area contributed by atoms with Crippen LogP contribution in [0.25, 0.3) is 0 Å². The first kappa shape index (κ1) is 20.7. The minimum Gasteiger partial charge on any atom is -0.454 e. The van der Waals surface area contributed by atoms with Crippen LogP contribution in [0, 0.1) is 0 Å². The third-order valence-electron chi connectivity index (χ3n) is 3.77. The molecule has 0 fully saturated rings. The van der Waals surface area contributed by atoms with Gasteiger partial charge in [0.05, 0.1) is 18.6 Å². The van der Waals surface area contributed by atoms with Crippen LogP contribution in [-0.2, 0) is 4.74 Å². The lowest BCUT2D eigenvalue weighted by Crippen LogP contribution is -2.54. The van der Waals surface area contributed by atoms with E-state index in [-0.39, 0.29) is 5.69 Å². The van der Waals surface area contributed by atoms with Gasteiger partial charge in [-0.15, -0.1) is 0 Å². The maximum Gasteiger partial charge on any atom is 0.460 e. The zero-order valence-electron chi connectivity index (χ0n) is 13.7. The Morgan fingerprint density at radius 3 is 2.26 bits per heavy atom. The van der Waals surface area contributed by atoms with E-state index in [1.165, 1.54) is 10.9 Å². The minimum absolute atomic E-state index is 0.377. The third kappa shape index (κ3) is 4.06. The van der Waals surface area contributed by atoms with Crippen LogP contribution >= 0.6 is 0 Å². The van der Waals surface area contributed by atoms with Gasteiger partial charge in [-0.25, -0.2) is 9.78 Å². The second-order valence-corrected chi connectivity index (χ2v) is 5.63. The maximum atomic E-state index is 13.3. The average Bonchev–Trinajstić information content (AvgIpc) is 3.08. The maximum absolute atomic E-state index is 13.3. The van der Waals surface area contributed by atoms with E-state index in [9.17, 15) is 35.5 Å². The lowest BCUT2D eigenvalue weighted by Gasteiger charge is -2.27. The Kier molecular flexibility index (Phi) is 5.52. The summed E-state index contributed by atoms with van der Waals surface area (Å²) in [4.78, 5) is 15.6. The smallest absolute Gasteiger partial charge is 0.454 e. The number of aromatic nitrogens is 2. The average molecular weight is 398 g/mol. The van der Waals surface area contributed by atoms with Crippen molar-refractivity contribution in [1.82, 2.24) is 9.55 Å². The van der Waals surface area contributed by atoms with E-state index in [1.54, 1.807) is 37.3 Å². The van der Waals surface area contributed by atoms with Crippen molar-refractivity contribution in [2.24, 2.45) is 0 Å². The predicted octanol–water partition coefficient (Wildman–Crippen LogP) is 4.48. The Labute approximate surface area is 148 Å². The van der Waals surface area contributed by atoms with Crippen LogP contribution in [0.3, 0.4) is 0 Å². The van der Waals surface area contributed by atoms with Gasteiger partial charge in [0.25, 0.3) is 0 Å². The molecule has 2 aromatic rings. The molecule has 0 unspecified atom stereocenters. The summed E-state index contributed by atoms with van der Waals surface area (Å²) < 4.78 is 93.7. The van der Waals surface area contributed by atoms with Crippen molar-refractivity contribution in [2.45, 2.75) is 31.0 Å². The molecule has 0 spiro atoms. The van der Waals surface area contributed by atoms with Crippen LogP contribution in [0.4, 0.5) is 30.7 Å². The van der Waals surface area contributed by atoms with Crippen molar-refractivity contribution in [1.29, 1.82) is 0 Å². The topological polar surface area (TPSA) is 44.1 Å². The number of ether oxygens (including phenoxy) is 1. The first-order valence-electron chi connectivity index (χ1n) is 7.45. The van der Waals surface area contributed by atoms with Crippen LogP contribution < -0.4 is 0 Å². The minimum atomic E-state index is -6.49. The van der Waals surface area contributed by atoms with E-state index in [0.717, 1.165) is 6.20 Å². The zero-order valence-corrected chi connectivity index (χ0v) is 13.7. The van der Waals surface area contributed by atoms with Gasteiger partial charge >= 0.3 is 24.0 Å². The number of alkyl halides is 7. The van der Waals surface area contributed by atoms with Crippen LogP contribution in [0.1, 0.15) is 29.0 Å². The van der Waals surface area contributed by atoms with Gasteiger partial charge in [0.2, 0.25) is 0 Å². The first-order chi connectivity index (χ1) is 12.4. The Morgan fingerprint density at radius 2 is 1.70 bits per heavy atom. The molecule has 0 radical (unpaired) electrons. The molecule has 0 aliphatic heterocycles. The molecule has 4 nitrogen and oxygen atoms in total. The van der Waals surface area contributed by atoms with Crippen LogP contribution in [-0.4, -0.2) is 40.1 Å². The fraction of sp³-hybridized carbons (Fsp3) is 0.375. The molecule has 1 aromatic heterocycles. The normalized spacial score (nSPS) is 14.1. The Bertz CT molecular complexity index is 788. The van der Waals surface area contributed by atoms with E-state index in [1.807, 2.05) is 0 Å². The standard InChI is InChI=1S/C16H13F7N2O2/c1-10(11-5-3-2-4-6-11)25-9-24-7-12(25)13(26)27-8-14(17,18)15(19,20)16(21,22)23/h2-7,9-10H,8H2,1H3/t10-/m1/s1. The zero-order chi connectivity index (χ0) is 20.5. The highest BCUT2D eigenvalue weighted by atomic mass is 19.4. The molecular formula is C16H13F7N2O2. The highest BCUT2D eigenvalue weighted by Gasteiger charge is 2.73. The molecule has 11 heteroatoms. The molecule has 0 saturated carbocycles. The second kappa shape index (κ2) is 7.20. The molecule has 0 saturated heterocycles. The molecular weight excluding hydrogens is 385 g/mol. The summed E-state index contributed by atoms with van der Waals surface area (Å²) in [6, 6.07) is 8.06. The van der Waals surface area contributed by atoms with Gasteiger partial charge in [-0.05, 0) is 12.5 Å². The molecule has 1 aromatic carbocycles. The quantitative estimate of drug-likeness (QED) is 0.532. The highest BCUT2D eigenvalue weighted by Crippen LogP contribution is 2.46. The van der Waals surface area contributed by atoms with E-state index >= 15 is 0 Å². The molecule has 1 atom stereocenters. The van der Waals surface area contributed by atoms with Crippen molar-refractivity contribution >= 4 is 5.97 Å². The van der Waals surface area contributed by atoms with E-state index in [2.05, 4.69) is 9.72 Å². The van der Waals surface area contributed by atoms with Crippen molar-refractivity contribution in [3.63, 3.8) is 0 Å². The van der Waals surface area contributed by atoms with Gasteiger partial charge in [-0.3, -0.25) is 0 Å². The van der Waals surface area contributed by atoms with Crippen LogP contribution in [0.2, 0.25) is 0 Å². The van der Waals surface area contributed by atoms with Crippen LogP contribution in [0.5, 0.6) is 0 Å². The summed E-state index contributed by atoms with van der Waals surface area (Å²) in [5.41, 5.74) is 0.330. The number of carbonyl (C=O) groups is 1. The molecule has 1 heterocycles. The highest BCUT2D eigenvalue weighted by molar-refractivity contribution is 5.87. The summed E-state index contributed by atoms with van der Waals surface area (Å²) >= 11 is 0. The van der Waals surface area contributed by atoms with Crippen molar-refractivity contribution in [2.75, 3.05) is 6.61 Å². The first-order valence-corrected chi connectivity index (χ1v) is 7.45. The molecule has 27 heavy (non-hydrogen) atoms. The number of rotatable bonds is 6. The van der Waals surface area contributed by atoms with Gasteiger partial charge in [-0.2, -0.15) is 30.7 Å². The number of imidazole rings is 1. The molecule has 0 bridgehead atoms. The third-order valence-corrected chi connectivity index (χ3v) is 3.77. The molecule has 0 aliphatic carbocycles. The summed E-state index contributed by atoms with van der Waals surface area (Å²) in [6.07, 6.45) is -4.38. The number of benzene rings is 1. The van der Waals surface area contributed by atoms with Crippen LogP contribution in [0.15, 0.2) is 42.9 Å². The Hall–Kier alpha value is -2.59. The Morgan fingerprint density at radius 1 is 1.11 bits per heavy atom. The molecule has 148 valence electrons. The number of hydrogen-bond acceptors (Lipinski definition) is 3. The summed E-state index contributed by atoms with van der Waals surface area (Å²) in [7, 11) is 0. The number of carbonyl (C=O) groups excluding carboxylic acids is 1. The molecule has 0 aliphatic rings. The fourth-order valence-electron chi connectivity index (χ4n) is 2.19. The van der Waals surface area contributed by atoms with E-state index in [4.69, 9.17) is 0 Å². The van der Waals surface area contributed by atoms with Gasteiger partial charge in [-0.1, -0.05) is 30.3 Å². The number of hydrogen-bond donors (Lipinski definition) is 0. The Balaban J connectivity index is 2.16. The monoisotopic (exact) mass is 398 g/mol. The number of halogens is 7. The summed E-state index contributed by atoms with van der Waals surface area (Å²) in [5, 5.41) is 0. The summed E-state index contributed by atoms with van der Waals surface area (Å²) in [5.74, 6) is -13.5. The molecule has 0 N–H and O–H groups in total. The molecule has 0 amide bonds. The van der Waals surface area contributed by atoms with E-state index < -0.39 is 36.6 Å². The summed E-state index contributed by atoms with van der Waals surface area (Å²) in [6.45, 7) is -0.802. The predicted molar refractivity (Wildman–Crippen MR) is 78.7 cm³/mol. The van der Waals surface area contributed by atoms with Gasteiger partial charge in [0.15, 0.2) is 6.61 Å². The fourth-order valence-corrected chi connectivity index (χ4v) is 2.19. The number of nitrogens with zero attached hydrogens (tertiary/aromatic N) is 2. The molecule has 2 rings (SSSR count). The van der Waals surface area contributed by atoms with Crippen molar-refractivity contribution in [3.8, 4) is 0 Å². The van der Waals surface area contributed by atoms with Crippen molar-refractivity contribution in [3.05, 3.63) is 54.1 Å². The van der Waals surface area contributed by atoms with E-state index in [0.29, 0.717) is 5.56 Å². The lowest BCUT2D eigenvalue weighted by molar-refractivity contribution is -0.359. The largest absolute Gasteiger partial charge is 0.460 e. The van der Waals surface area contributed by atoms with Gasteiger partial charge in [0, 0.05) is 0 Å². The van der Waals surface area contributed by atoms with Crippen molar-refractivity contribution < 1.29 is 40.3 Å². The number of esters is 1. The SMILES string of the molecule is C[C@H](c1ccccc1)n1cncc1C(=O)OCC(F)(F)C(F)(F)C(F)(F)F. The van der Waals surface area contributed by atoms with Gasteiger partial charge in [0.1, 0.15) is 5.69 Å².